The SMILES string of the molecule is C=CCn1nc(C(=O)N2CCCCC2)c2c1CCC(NCCC(=O)OCC)C2. The molecule has 1 unspecified atom stereocenters. The van der Waals surface area contributed by atoms with Crippen LogP contribution in [0.15, 0.2) is 12.7 Å². The molecule has 1 aliphatic carbocycles. The van der Waals surface area contributed by atoms with Crippen LogP contribution in [0.4, 0.5) is 0 Å². The first kappa shape index (κ1) is 20.6. The maximum absolute atomic E-state index is 13.1. The highest BCUT2D eigenvalue weighted by Gasteiger charge is 2.31. The van der Waals surface area contributed by atoms with Crippen molar-refractivity contribution in [3.05, 3.63) is 29.6 Å². The van der Waals surface area contributed by atoms with Crippen LogP contribution < -0.4 is 5.32 Å². The number of carbonyl (C=O) groups is 2. The van der Waals surface area contributed by atoms with Crippen molar-refractivity contribution in [2.45, 2.75) is 64.5 Å². The van der Waals surface area contributed by atoms with E-state index in [4.69, 9.17) is 4.74 Å². The first-order valence-corrected chi connectivity index (χ1v) is 10.5. The number of likely N-dealkylation sites (tertiary alicyclic amines) is 1. The van der Waals surface area contributed by atoms with E-state index in [1.165, 1.54) is 6.42 Å². The van der Waals surface area contributed by atoms with Gasteiger partial charge in [0.15, 0.2) is 5.69 Å². The molecule has 7 heteroatoms. The molecule has 1 atom stereocenters. The van der Waals surface area contributed by atoms with Crippen LogP contribution in [0.5, 0.6) is 0 Å². The van der Waals surface area contributed by atoms with Gasteiger partial charge in [-0.1, -0.05) is 6.08 Å². The highest BCUT2D eigenvalue weighted by Crippen LogP contribution is 2.27. The number of allylic oxidation sites excluding steroid dienone is 1. The third-order valence-corrected chi connectivity index (χ3v) is 5.56. The molecule has 1 N–H and O–H groups in total. The highest BCUT2D eigenvalue weighted by atomic mass is 16.5. The number of nitrogens with one attached hydrogen (secondary N) is 1. The molecule has 28 heavy (non-hydrogen) atoms. The Labute approximate surface area is 167 Å². The standard InChI is InChI=1S/C21H32N4O3/c1-3-12-25-18-9-8-16(22-11-10-19(26)28-4-2)15-17(18)20(23-25)21(27)24-13-6-5-7-14-24/h3,16,22H,1,4-15H2,2H3. The second-order valence-electron chi connectivity index (χ2n) is 7.55. The molecule has 1 amide bonds. The summed E-state index contributed by atoms with van der Waals surface area (Å²) in [5, 5.41) is 8.13. The van der Waals surface area contributed by atoms with Gasteiger partial charge in [0.05, 0.1) is 19.6 Å². The van der Waals surface area contributed by atoms with E-state index in [-0.39, 0.29) is 17.9 Å². The van der Waals surface area contributed by atoms with Crippen molar-refractivity contribution in [1.29, 1.82) is 0 Å². The van der Waals surface area contributed by atoms with Gasteiger partial charge in [-0.15, -0.1) is 6.58 Å². The predicted octanol–water partition coefficient (Wildman–Crippen LogP) is 2.10. The first-order valence-electron chi connectivity index (χ1n) is 10.5. The monoisotopic (exact) mass is 388 g/mol. The lowest BCUT2D eigenvalue weighted by molar-refractivity contribution is -0.143. The average Bonchev–Trinajstić information content (AvgIpc) is 3.06. The third kappa shape index (κ3) is 4.82. The van der Waals surface area contributed by atoms with E-state index in [2.05, 4.69) is 17.0 Å². The van der Waals surface area contributed by atoms with Gasteiger partial charge in [-0.3, -0.25) is 14.3 Å². The Hall–Kier alpha value is -2.15. The molecule has 1 saturated heterocycles. The zero-order chi connectivity index (χ0) is 19.9. The molecule has 1 aromatic rings. The number of carbonyl (C=O) groups excluding carboxylic acids is 2. The Kier molecular flexibility index (Phi) is 7.25. The zero-order valence-electron chi connectivity index (χ0n) is 16.9. The van der Waals surface area contributed by atoms with E-state index in [1.807, 2.05) is 22.6 Å². The van der Waals surface area contributed by atoms with Crippen molar-refractivity contribution in [2.75, 3.05) is 26.2 Å². The topological polar surface area (TPSA) is 76.5 Å². The Balaban J connectivity index is 1.70. The normalized spacial score (nSPS) is 19.2. The molecule has 1 fully saturated rings. The van der Waals surface area contributed by atoms with Crippen molar-refractivity contribution >= 4 is 11.9 Å². The van der Waals surface area contributed by atoms with Crippen molar-refractivity contribution in [3.8, 4) is 0 Å². The second kappa shape index (κ2) is 9.87. The molecule has 3 rings (SSSR count). The lowest BCUT2D eigenvalue weighted by Gasteiger charge is -2.27. The number of esters is 1. The summed E-state index contributed by atoms with van der Waals surface area (Å²) >= 11 is 0. The van der Waals surface area contributed by atoms with E-state index >= 15 is 0 Å². The molecular formula is C21H32N4O3. The molecule has 1 aromatic heterocycles. The minimum absolute atomic E-state index is 0.0611. The minimum Gasteiger partial charge on any atom is -0.466 e. The van der Waals surface area contributed by atoms with Crippen molar-refractivity contribution < 1.29 is 14.3 Å². The Morgan fingerprint density at radius 3 is 2.82 bits per heavy atom. The zero-order valence-corrected chi connectivity index (χ0v) is 16.9. The lowest BCUT2D eigenvalue weighted by atomic mass is 9.91. The molecular weight excluding hydrogens is 356 g/mol. The number of nitrogens with zero attached hydrogens (tertiary/aromatic N) is 3. The number of ether oxygens (including phenoxy) is 1. The summed E-state index contributed by atoms with van der Waals surface area (Å²) in [4.78, 5) is 26.6. The van der Waals surface area contributed by atoms with E-state index in [0.717, 1.165) is 56.5 Å². The maximum atomic E-state index is 13.1. The summed E-state index contributed by atoms with van der Waals surface area (Å²) < 4.78 is 6.92. The molecule has 2 heterocycles. The van der Waals surface area contributed by atoms with Crippen molar-refractivity contribution in [1.82, 2.24) is 20.0 Å². The van der Waals surface area contributed by atoms with E-state index in [0.29, 0.717) is 31.8 Å². The van der Waals surface area contributed by atoms with Crippen LogP contribution in [-0.4, -0.2) is 58.8 Å². The van der Waals surface area contributed by atoms with E-state index in [1.54, 1.807) is 0 Å². The smallest absolute Gasteiger partial charge is 0.307 e. The summed E-state index contributed by atoms with van der Waals surface area (Å²) in [6.45, 7) is 8.91. The fraction of sp³-hybridized carbons (Fsp3) is 0.667. The maximum Gasteiger partial charge on any atom is 0.307 e. The van der Waals surface area contributed by atoms with Gasteiger partial charge in [-0.2, -0.15) is 5.10 Å². The fourth-order valence-corrected chi connectivity index (χ4v) is 4.17. The van der Waals surface area contributed by atoms with E-state index in [9.17, 15) is 9.59 Å². The number of hydrogen-bond acceptors (Lipinski definition) is 5. The third-order valence-electron chi connectivity index (χ3n) is 5.56. The molecule has 154 valence electrons. The van der Waals surface area contributed by atoms with Crippen molar-refractivity contribution in [3.63, 3.8) is 0 Å². The first-order chi connectivity index (χ1) is 13.6. The molecule has 2 aliphatic rings. The average molecular weight is 389 g/mol. The summed E-state index contributed by atoms with van der Waals surface area (Å²) in [5.41, 5.74) is 2.83. The van der Waals surface area contributed by atoms with Crippen LogP contribution in [-0.2, 0) is 28.9 Å². The van der Waals surface area contributed by atoms with Gasteiger partial charge >= 0.3 is 5.97 Å². The fourth-order valence-electron chi connectivity index (χ4n) is 4.17. The van der Waals surface area contributed by atoms with Gasteiger partial charge in [-0.25, -0.2) is 0 Å². The molecule has 7 nitrogen and oxygen atoms in total. The molecule has 0 bridgehead atoms. The number of amides is 1. The highest BCUT2D eigenvalue weighted by molar-refractivity contribution is 5.94. The van der Waals surface area contributed by atoms with Gasteiger partial charge in [-0.05, 0) is 45.4 Å². The Morgan fingerprint density at radius 1 is 1.32 bits per heavy atom. The summed E-state index contributed by atoms with van der Waals surface area (Å²) in [5.74, 6) is -0.114. The van der Waals surface area contributed by atoms with Crippen molar-refractivity contribution in [2.24, 2.45) is 0 Å². The Bertz CT molecular complexity index is 707. The number of aromatic nitrogens is 2. The molecule has 0 radical (unpaired) electrons. The van der Waals surface area contributed by atoms with Gasteiger partial charge < -0.3 is 15.0 Å². The minimum atomic E-state index is -0.175. The van der Waals surface area contributed by atoms with Crippen LogP contribution in [0.3, 0.4) is 0 Å². The van der Waals surface area contributed by atoms with Crippen LogP contribution >= 0.6 is 0 Å². The van der Waals surface area contributed by atoms with Crippen LogP contribution in [0.2, 0.25) is 0 Å². The van der Waals surface area contributed by atoms with Gasteiger partial charge in [0.25, 0.3) is 5.91 Å². The molecule has 1 aliphatic heterocycles. The van der Waals surface area contributed by atoms with Crippen LogP contribution in [0, 0.1) is 0 Å². The van der Waals surface area contributed by atoms with E-state index < -0.39 is 0 Å². The van der Waals surface area contributed by atoms with Crippen LogP contribution in [0.25, 0.3) is 0 Å². The van der Waals surface area contributed by atoms with Gasteiger partial charge in [0, 0.05) is 36.9 Å². The molecule has 0 spiro atoms. The summed E-state index contributed by atoms with van der Waals surface area (Å²) in [7, 11) is 0. The number of hydrogen-bond donors (Lipinski definition) is 1. The molecule has 0 saturated carbocycles. The van der Waals surface area contributed by atoms with Crippen LogP contribution in [0.1, 0.15) is 60.8 Å². The Morgan fingerprint density at radius 2 is 2.11 bits per heavy atom. The van der Waals surface area contributed by atoms with Gasteiger partial charge in [0.2, 0.25) is 0 Å². The second-order valence-corrected chi connectivity index (χ2v) is 7.55. The summed E-state index contributed by atoms with van der Waals surface area (Å²) in [6.07, 6.45) is 8.14. The predicted molar refractivity (Wildman–Crippen MR) is 107 cm³/mol. The number of rotatable bonds is 8. The largest absolute Gasteiger partial charge is 0.466 e. The lowest BCUT2D eigenvalue weighted by Crippen LogP contribution is -2.38. The number of piperidine rings is 1. The number of fused-ring (bicyclic) bond motifs is 1. The molecule has 0 aromatic carbocycles. The quantitative estimate of drug-likeness (QED) is 0.545. The summed E-state index contributed by atoms with van der Waals surface area (Å²) in [6, 6.07) is 0.246. The van der Waals surface area contributed by atoms with Gasteiger partial charge in [0.1, 0.15) is 0 Å².